The molecule has 6 rings (SSSR count). The van der Waals surface area contributed by atoms with Crippen LogP contribution in [-0.4, -0.2) is 61.0 Å². The number of rotatable bonds is 11. The molecule has 4 aliphatic rings. The molecule has 1 spiro atoms. The van der Waals surface area contributed by atoms with Gasteiger partial charge in [-0.05, 0) is 119 Å². The van der Waals surface area contributed by atoms with Gasteiger partial charge in [0.15, 0.2) is 6.29 Å². The molecule has 0 bridgehead atoms. The smallest absolute Gasteiger partial charge is 0.286 e. The molecular formula is C38H50ClN3O6S. The molecule has 2 heterocycles. The second-order valence-electron chi connectivity index (χ2n) is 14.4. The van der Waals surface area contributed by atoms with Crippen molar-refractivity contribution < 1.29 is 28.0 Å². The highest BCUT2D eigenvalue weighted by Gasteiger charge is 2.45. The molecule has 6 atom stereocenters. The number of nitrogens with two attached hydrogens (primary N) is 1. The third-order valence-corrected chi connectivity index (χ3v) is 12.3. The Labute approximate surface area is 296 Å². The normalized spacial score (nSPS) is 26.9. The van der Waals surface area contributed by atoms with Gasteiger partial charge in [0.2, 0.25) is 0 Å². The molecule has 266 valence electrons. The van der Waals surface area contributed by atoms with Gasteiger partial charge in [-0.1, -0.05) is 29.8 Å². The average Bonchev–Trinajstić information content (AvgIpc) is 3.22. The molecule has 1 amide bonds. The van der Waals surface area contributed by atoms with Gasteiger partial charge in [-0.2, -0.15) is 0 Å². The van der Waals surface area contributed by atoms with Gasteiger partial charge in [0.25, 0.3) is 5.91 Å². The van der Waals surface area contributed by atoms with E-state index in [-0.39, 0.29) is 35.2 Å². The van der Waals surface area contributed by atoms with Crippen LogP contribution in [0.3, 0.4) is 0 Å². The molecular weight excluding hydrogens is 662 g/mol. The van der Waals surface area contributed by atoms with Crippen molar-refractivity contribution in [3.05, 3.63) is 77.9 Å². The van der Waals surface area contributed by atoms with Crippen LogP contribution in [0.15, 0.2) is 71.0 Å². The lowest BCUT2D eigenvalue weighted by atomic mass is 9.68. The van der Waals surface area contributed by atoms with Gasteiger partial charge in [-0.25, -0.2) is 9.35 Å². The van der Waals surface area contributed by atoms with E-state index >= 15 is 0 Å². The fourth-order valence-electron chi connectivity index (χ4n) is 7.75. The van der Waals surface area contributed by atoms with Crippen molar-refractivity contribution in [2.45, 2.75) is 93.5 Å². The van der Waals surface area contributed by atoms with Crippen molar-refractivity contribution in [2.75, 3.05) is 37.8 Å². The lowest BCUT2D eigenvalue weighted by Crippen LogP contribution is -2.50. The van der Waals surface area contributed by atoms with Crippen molar-refractivity contribution >= 4 is 33.1 Å². The molecule has 11 heteroatoms. The van der Waals surface area contributed by atoms with Crippen LogP contribution in [0.1, 0.15) is 69.9 Å². The Kier molecular flexibility index (Phi) is 10.9. The molecule has 0 radical (unpaired) electrons. The molecule has 49 heavy (non-hydrogen) atoms. The summed E-state index contributed by atoms with van der Waals surface area (Å²) in [6, 6.07) is 11.5. The SMILES string of the molecule is C=CCOC(C)(C)C(=O)N=S(N)(=O)c1ccc2c(c1)N(C[C@@H]1CC[C@H]1[C@H](C=C)OC1CCCCO1)C[C@@]1(CCCc3cc(Cl)ccc31)CO2. The van der Waals surface area contributed by atoms with Crippen LogP contribution in [0.4, 0.5) is 5.69 Å². The van der Waals surface area contributed by atoms with E-state index < -0.39 is 21.4 Å². The molecule has 2 aromatic rings. The largest absolute Gasteiger partial charge is 0.490 e. The van der Waals surface area contributed by atoms with E-state index in [9.17, 15) is 9.00 Å². The number of fused-ring (bicyclic) bond motifs is 3. The molecule has 1 saturated carbocycles. The Morgan fingerprint density at radius 2 is 2.04 bits per heavy atom. The zero-order valence-electron chi connectivity index (χ0n) is 28.7. The van der Waals surface area contributed by atoms with Gasteiger partial charge in [0.1, 0.15) is 21.3 Å². The number of hydrogen-bond acceptors (Lipinski definition) is 7. The Hall–Kier alpha value is -2.73. The van der Waals surface area contributed by atoms with Gasteiger partial charge < -0.3 is 23.8 Å². The number of carbonyl (C=O) groups is 1. The van der Waals surface area contributed by atoms with Crippen LogP contribution in [0.2, 0.25) is 5.02 Å². The number of aryl methyl sites for hydroxylation is 1. The minimum Gasteiger partial charge on any atom is -0.490 e. The second-order valence-corrected chi connectivity index (χ2v) is 16.7. The van der Waals surface area contributed by atoms with E-state index in [1.54, 1.807) is 32.1 Å². The Morgan fingerprint density at radius 3 is 2.76 bits per heavy atom. The maximum absolute atomic E-state index is 13.9. The third kappa shape index (κ3) is 7.80. The molecule has 9 nitrogen and oxygen atoms in total. The van der Waals surface area contributed by atoms with E-state index in [2.05, 4.69) is 34.6 Å². The fraction of sp³-hybridized carbons (Fsp3) is 0.553. The van der Waals surface area contributed by atoms with Crippen molar-refractivity contribution in [3.8, 4) is 5.75 Å². The van der Waals surface area contributed by atoms with Crippen molar-refractivity contribution in [1.29, 1.82) is 0 Å². The van der Waals surface area contributed by atoms with Crippen molar-refractivity contribution in [1.82, 2.24) is 0 Å². The van der Waals surface area contributed by atoms with Gasteiger partial charge in [0.05, 0.1) is 29.9 Å². The minimum atomic E-state index is -3.61. The summed E-state index contributed by atoms with van der Waals surface area (Å²) in [5.41, 5.74) is 1.71. The predicted molar refractivity (Wildman–Crippen MR) is 193 cm³/mol. The highest BCUT2D eigenvalue weighted by molar-refractivity contribution is 7.91. The number of amides is 1. The molecule has 2 aliphatic carbocycles. The highest BCUT2D eigenvalue weighted by atomic mass is 35.5. The lowest BCUT2D eigenvalue weighted by molar-refractivity contribution is -0.197. The number of anilines is 1. The number of benzene rings is 2. The van der Waals surface area contributed by atoms with Gasteiger partial charge in [-0.15, -0.1) is 17.5 Å². The standard InChI is InChI=1S/C38H50ClN3O6S/c1-5-19-47-37(3,4)36(43)41-49(40,44)29-14-17-34-32(22-29)42(23-27-12-15-30(27)33(6-2)48-35-11-7-8-20-45-35)24-38(25-46-34)18-9-10-26-21-28(39)13-16-31(26)38/h5-6,13-14,16-17,21-22,27,30,33,35H,1-2,7-12,15,18-20,23-25H2,3-4H3,(H2,40,41,43,44)/t27-,30+,33-,35?,38-,49?/m0/s1. The number of hydrogen-bond donors (Lipinski definition) is 1. The molecule has 2 aliphatic heterocycles. The van der Waals surface area contributed by atoms with Crippen LogP contribution in [-0.2, 0) is 40.8 Å². The number of halogens is 1. The molecule has 2 unspecified atom stereocenters. The van der Waals surface area contributed by atoms with E-state index in [1.807, 2.05) is 18.2 Å². The van der Waals surface area contributed by atoms with Crippen molar-refractivity contribution in [2.24, 2.45) is 21.3 Å². The lowest BCUT2D eigenvalue weighted by Gasteiger charge is -2.46. The Morgan fingerprint density at radius 1 is 1.20 bits per heavy atom. The van der Waals surface area contributed by atoms with Gasteiger partial charge in [0, 0.05) is 30.1 Å². The summed E-state index contributed by atoms with van der Waals surface area (Å²) in [5.74, 6) is 0.594. The summed E-state index contributed by atoms with van der Waals surface area (Å²) < 4.78 is 42.6. The first-order valence-corrected chi connectivity index (χ1v) is 19.4. The third-order valence-electron chi connectivity index (χ3n) is 10.7. The van der Waals surface area contributed by atoms with E-state index in [0.717, 1.165) is 75.2 Å². The highest BCUT2D eigenvalue weighted by Crippen LogP contribution is 2.47. The minimum absolute atomic E-state index is 0.110. The summed E-state index contributed by atoms with van der Waals surface area (Å²) in [4.78, 5) is 15.7. The number of carbonyl (C=O) groups excluding carboxylic acids is 1. The van der Waals surface area contributed by atoms with E-state index in [0.29, 0.717) is 24.8 Å². The topological polar surface area (TPSA) is 113 Å². The first-order valence-electron chi connectivity index (χ1n) is 17.5. The zero-order valence-corrected chi connectivity index (χ0v) is 30.3. The molecule has 1 saturated heterocycles. The molecule has 2 fully saturated rings. The summed E-state index contributed by atoms with van der Waals surface area (Å²) in [7, 11) is -3.61. The van der Waals surface area contributed by atoms with Crippen LogP contribution in [0.5, 0.6) is 5.75 Å². The second kappa shape index (κ2) is 14.9. The molecule has 0 aromatic heterocycles. The number of nitrogens with zero attached hydrogens (tertiary/aromatic N) is 2. The average molecular weight is 712 g/mol. The predicted octanol–water partition coefficient (Wildman–Crippen LogP) is 7.15. The quantitative estimate of drug-likeness (QED) is 0.247. The fourth-order valence-corrected chi connectivity index (χ4v) is 9.06. The van der Waals surface area contributed by atoms with Gasteiger partial charge in [-0.3, -0.25) is 4.79 Å². The Balaban J connectivity index is 1.34. The van der Waals surface area contributed by atoms with E-state index in [4.69, 9.17) is 35.7 Å². The summed E-state index contributed by atoms with van der Waals surface area (Å²) in [5, 5.41) is 7.09. The van der Waals surface area contributed by atoms with Crippen LogP contribution in [0.25, 0.3) is 0 Å². The molecule has 2 N–H and O–H groups in total. The number of ether oxygens (including phenoxy) is 4. The Bertz CT molecular complexity index is 1680. The monoisotopic (exact) mass is 711 g/mol. The molecule has 2 aromatic carbocycles. The van der Waals surface area contributed by atoms with Crippen LogP contribution >= 0.6 is 11.6 Å². The summed E-state index contributed by atoms with van der Waals surface area (Å²) in [6.45, 7) is 13.7. The maximum Gasteiger partial charge on any atom is 0.286 e. The van der Waals surface area contributed by atoms with Crippen LogP contribution in [0, 0.1) is 11.8 Å². The van der Waals surface area contributed by atoms with Crippen molar-refractivity contribution in [3.63, 3.8) is 0 Å². The zero-order chi connectivity index (χ0) is 34.8. The summed E-state index contributed by atoms with van der Waals surface area (Å²) >= 11 is 6.46. The first kappa shape index (κ1) is 36.1. The van der Waals surface area contributed by atoms with E-state index in [1.165, 1.54) is 11.1 Å². The maximum atomic E-state index is 13.9. The van der Waals surface area contributed by atoms with Crippen LogP contribution < -0.4 is 14.8 Å². The van der Waals surface area contributed by atoms with Gasteiger partial charge >= 0.3 is 0 Å². The summed E-state index contributed by atoms with van der Waals surface area (Å²) in [6.07, 6.45) is 11.3. The first-order chi connectivity index (χ1) is 23.4.